The van der Waals surface area contributed by atoms with Gasteiger partial charge in [-0.25, -0.2) is 0 Å². The fraction of sp³-hybridized carbons (Fsp3) is 1.00. The van der Waals surface area contributed by atoms with E-state index in [0.717, 1.165) is 17.3 Å². The van der Waals surface area contributed by atoms with Crippen molar-refractivity contribution in [1.82, 2.24) is 0 Å². The van der Waals surface area contributed by atoms with Crippen LogP contribution >= 0.6 is 0 Å². The Kier molecular flexibility index (Phi) is 0.678. The van der Waals surface area contributed by atoms with Crippen molar-refractivity contribution in [3.63, 3.8) is 0 Å². The Hall–Kier alpha value is 0. The highest BCUT2D eigenvalue weighted by Gasteiger charge is 2.56. The number of rotatable bonds is 0. The lowest BCUT2D eigenvalue weighted by atomic mass is 9.95. The molecule has 0 aliphatic heterocycles. The largest absolute Gasteiger partial charge is 0.0620 e. The summed E-state index contributed by atoms with van der Waals surface area (Å²) in [5.41, 5.74) is 0.819. The molecule has 2 aliphatic rings. The van der Waals surface area contributed by atoms with Crippen LogP contribution in [0, 0.1) is 17.3 Å². The molecule has 0 saturated heterocycles. The van der Waals surface area contributed by atoms with E-state index in [2.05, 4.69) is 13.8 Å². The van der Waals surface area contributed by atoms with E-state index in [1.54, 1.807) is 0 Å². The number of hydrogen-bond donors (Lipinski definition) is 0. The van der Waals surface area contributed by atoms with E-state index < -0.39 is 0 Å². The lowest BCUT2D eigenvalue weighted by Gasteiger charge is -2.10. The van der Waals surface area contributed by atoms with Crippen molar-refractivity contribution < 1.29 is 0 Å². The Labute approximate surface area is 51.3 Å². The normalized spacial score (nSPS) is 60.8. The van der Waals surface area contributed by atoms with Crippen LogP contribution in [0.25, 0.3) is 0 Å². The van der Waals surface area contributed by atoms with Gasteiger partial charge >= 0.3 is 0 Å². The van der Waals surface area contributed by atoms with E-state index in [-0.39, 0.29) is 0 Å². The molecule has 0 nitrogen and oxygen atoms in total. The maximum absolute atomic E-state index is 2.45. The molecule has 0 aromatic carbocycles. The molecule has 0 N–H and O–H groups in total. The first kappa shape index (κ1) is 4.84. The van der Waals surface area contributed by atoms with Crippen molar-refractivity contribution >= 4 is 0 Å². The maximum atomic E-state index is 2.45. The SMILES string of the molecule is CC1CCC2CC12C. The van der Waals surface area contributed by atoms with E-state index in [1.165, 1.54) is 19.3 Å². The van der Waals surface area contributed by atoms with Gasteiger partial charge in [0.05, 0.1) is 0 Å². The van der Waals surface area contributed by atoms with E-state index in [9.17, 15) is 0 Å². The minimum atomic E-state index is 0.819. The first-order valence-electron chi connectivity index (χ1n) is 3.73. The first-order valence-corrected chi connectivity index (χ1v) is 3.73. The van der Waals surface area contributed by atoms with Gasteiger partial charge in [0.15, 0.2) is 0 Å². The van der Waals surface area contributed by atoms with Crippen molar-refractivity contribution in [3.8, 4) is 0 Å². The molecule has 0 heterocycles. The van der Waals surface area contributed by atoms with E-state index in [4.69, 9.17) is 0 Å². The van der Waals surface area contributed by atoms with Gasteiger partial charge in [-0.2, -0.15) is 0 Å². The standard InChI is InChI=1S/C8H14/c1-6-3-4-7-5-8(6,7)2/h6-7H,3-5H2,1-2H3. The molecule has 0 spiro atoms. The Balaban J connectivity index is 2.19. The average Bonchev–Trinajstić information content (AvgIpc) is 2.31. The minimum Gasteiger partial charge on any atom is -0.0620 e. The van der Waals surface area contributed by atoms with E-state index in [1.807, 2.05) is 0 Å². The van der Waals surface area contributed by atoms with Crippen LogP contribution < -0.4 is 0 Å². The highest BCUT2D eigenvalue weighted by atomic mass is 14.6. The van der Waals surface area contributed by atoms with Gasteiger partial charge in [-0.1, -0.05) is 13.8 Å². The second-order valence-electron chi connectivity index (χ2n) is 3.89. The van der Waals surface area contributed by atoms with Crippen molar-refractivity contribution in [2.24, 2.45) is 17.3 Å². The molecule has 3 atom stereocenters. The van der Waals surface area contributed by atoms with Crippen LogP contribution in [0.5, 0.6) is 0 Å². The monoisotopic (exact) mass is 110 g/mol. The summed E-state index contributed by atoms with van der Waals surface area (Å²) in [6, 6.07) is 0. The third kappa shape index (κ3) is 0.375. The van der Waals surface area contributed by atoms with Gasteiger partial charge in [0.25, 0.3) is 0 Å². The molecule has 2 aliphatic carbocycles. The number of hydrogen-bond acceptors (Lipinski definition) is 0. The van der Waals surface area contributed by atoms with Gasteiger partial charge in [-0.15, -0.1) is 0 Å². The molecule has 0 heteroatoms. The lowest BCUT2D eigenvalue weighted by molar-refractivity contribution is 0.390. The van der Waals surface area contributed by atoms with Crippen LogP contribution in [-0.2, 0) is 0 Å². The maximum Gasteiger partial charge on any atom is -0.0269 e. The third-order valence-electron chi connectivity index (χ3n) is 3.53. The Morgan fingerprint density at radius 2 is 2.12 bits per heavy atom. The molecule has 0 bridgehead atoms. The van der Waals surface area contributed by atoms with E-state index >= 15 is 0 Å². The van der Waals surface area contributed by atoms with Gasteiger partial charge < -0.3 is 0 Å². The van der Waals surface area contributed by atoms with Crippen LogP contribution in [0.4, 0.5) is 0 Å². The van der Waals surface area contributed by atoms with Gasteiger partial charge in [0, 0.05) is 0 Å². The van der Waals surface area contributed by atoms with Crippen molar-refractivity contribution in [2.75, 3.05) is 0 Å². The second-order valence-corrected chi connectivity index (χ2v) is 3.89. The Morgan fingerprint density at radius 3 is 2.25 bits per heavy atom. The predicted molar refractivity (Wildman–Crippen MR) is 34.6 cm³/mol. The molecule has 2 fully saturated rings. The zero-order valence-electron chi connectivity index (χ0n) is 5.78. The molecule has 0 aromatic rings. The lowest BCUT2D eigenvalue weighted by Crippen LogP contribution is -2.02. The molecule has 2 saturated carbocycles. The van der Waals surface area contributed by atoms with Crippen LogP contribution in [-0.4, -0.2) is 0 Å². The molecule has 8 heavy (non-hydrogen) atoms. The summed E-state index contributed by atoms with van der Waals surface area (Å²) in [7, 11) is 0. The predicted octanol–water partition coefficient (Wildman–Crippen LogP) is 2.44. The molecule has 3 unspecified atom stereocenters. The highest BCUT2D eigenvalue weighted by Crippen LogP contribution is 2.65. The van der Waals surface area contributed by atoms with Crippen molar-refractivity contribution in [2.45, 2.75) is 33.1 Å². The molecule has 46 valence electrons. The summed E-state index contributed by atoms with van der Waals surface area (Å²) < 4.78 is 0. The summed E-state index contributed by atoms with van der Waals surface area (Å²) in [5.74, 6) is 2.17. The minimum absolute atomic E-state index is 0.819. The summed E-state index contributed by atoms with van der Waals surface area (Å²) in [6.45, 7) is 4.86. The summed E-state index contributed by atoms with van der Waals surface area (Å²) in [5, 5.41) is 0. The second kappa shape index (κ2) is 1.12. The Bertz CT molecular complexity index is 115. The zero-order valence-corrected chi connectivity index (χ0v) is 5.78. The number of fused-ring (bicyclic) bond motifs is 1. The molecular formula is C8H14. The Morgan fingerprint density at radius 1 is 1.38 bits per heavy atom. The summed E-state index contributed by atoms with van der Waals surface area (Å²) in [6.07, 6.45) is 4.56. The van der Waals surface area contributed by atoms with Gasteiger partial charge in [-0.3, -0.25) is 0 Å². The highest BCUT2D eigenvalue weighted by molar-refractivity contribution is 5.06. The smallest absolute Gasteiger partial charge is 0.0269 e. The fourth-order valence-electron chi connectivity index (χ4n) is 2.29. The molecule has 2 rings (SSSR count). The van der Waals surface area contributed by atoms with Crippen molar-refractivity contribution in [3.05, 3.63) is 0 Å². The van der Waals surface area contributed by atoms with Gasteiger partial charge in [0.2, 0.25) is 0 Å². The van der Waals surface area contributed by atoms with E-state index in [0.29, 0.717) is 0 Å². The summed E-state index contributed by atoms with van der Waals surface area (Å²) >= 11 is 0. The van der Waals surface area contributed by atoms with Crippen LogP contribution in [0.15, 0.2) is 0 Å². The van der Waals surface area contributed by atoms with Crippen LogP contribution in [0.2, 0.25) is 0 Å². The van der Waals surface area contributed by atoms with Crippen molar-refractivity contribution in [1.29, 1.82) is 0 Å². The first-order chi connectivity index (χ1) is 3.73. The van der Waals surface area contributed by atoms with Gasteiger partial charge in [-0.05, 0) is 36.5 Å². The topological polar surface area (TPSA) is 0 Å². The van der Waals surface area contributed by atoms with Crippen LogP contribution in [0.1, 0.15) is 33.1 Å². The fourth-order valence-corrected chi connectivity index (χ4v) is 2.29. The molecule has 0 amide bonds. The van der Waals surface area contributed by atoms with Gasteiger partial charge in [0.1, 0.15) is 0 Å². The molecule has 0 radical (unpaired) electrons. The summed E-state index contributed by atoms with van der Waals surface area (Å²) in [4.78, 5) is 0. The molecular weight excluding hydrogens is 96.1 g/mol. The molecule has 0 aromatic heterocycles. The van der Waals surface area contributed by atoms with Crippen LogP contribution in [0.3, 0.4) is 0 Å². The average molecular weight is 110 g/mol. The zero-order chi connectivity index (χ0) is 5.78. The quantitative estimate of drug-likeness (QED) is 0.449. The third-order valence-corrected chi connectivity index (χ3v) is 3.53.